The van der Waals surface area contributed by atoms with Crippen LogP contribution in [0.1, 0.15) is 40.2 Å². The third kappa shape index (κ3) is 2.33. The summed E-state index contributed by atoms with van der Waals surface area (Å²) in [5.74, 6) is 0. The molecule has 114 valence electrons. The van der Waals surface area contributed by atoms with Crippen LogP contribution in [0, 0.1) is 5.41 Å². The first kappa shape index (κ1) is 14.7. The summed E-state index contributed by atoms with van der Waals surface area (Å²) in [5.41, 5.74) is 4.17. The van der Waals surface area contributed by atoms with Gasteiger partial charge in [0, 0.05) is 18.6 Å². The van der Waals surface area contributed by atoms with E-state index in [0.717, 1.165) is 6.54 Å². The Balaban J connectivity index is 1.96. The van der Waals surface area contributed by atoms with E-state index in [1.165, 1.54) is 17.0 Å². The zero-order valence-corrected chi connectivity index (χ0v) is 13.8. The van der Waals surface area contributed by atoms with Gasteiger partial charge in [-0.05, 0) is 27.7 Å². The molecule has 3 rings (SSSR count). The van der Waals surface area contributed by atoms with Crippen molar-refractivity contribution in [1.82, 2.24) is 0 Å². The van der Waals surface area contributed by atoms with Crippen molar-refractivity contribution in [1.29, 1.82) is 0 Å². The normalized spacial score (nSPS) is 22.0. The number of rotatable bonds is 3. The van der Waals surface area contributed by atoms with Gasteiger partial charge in [0.2, 0.25) is 5.69 Å². The van der Waals surface area contributed by atoms with Gasteiger partial charge in [0.05, 0.1) is 24.0 Å². The number of fused-ring (bicyclic) bond motifs is 1. The van der Waals surface area contributed by atoms with E-state index < -0.39 is 0 Å². The Kier molecular flexibility index (Phi) is 3.45. The summed E-state index contributed by atoms with van der Waals surface area (Å²) in [7, 11) is 0. The Bertz CT molecular complexity index is 581. The van der Waals surface area contributed by atoms with E-state index in [1.807, 2.05) is 0 Å². The predicted molar refractivity (Wildman–Crippen MR) is 84.4 cm³/mol. The monoisotopic (exact) mass is 288 g/mol. The molecule has 1 saturated heterocycles. The molecule has 21 heavy (non-hydrogen) atoms. The average Bonchev–Trinajstić information content (AvgIpc) is 3.03. The molecule has 3 nitrogen and oxygen atoms in total. The molecule has 1 aromatic rings. The van der Waals surface area contributed by atoms with Gasteiger partial charge >= 0.3 is 0 Å². The zero-order valence-electron chi connectivity index (χ0n) is 13.8. The van der Waals surface area contributed by atoms with E-state index in [2.05, 4.69) is 63.5 Å². The van der Waals surface area contributed by atoms with Gasteiger partial charge in [-0.1, -0.05) is 18.2 Å². The highest BCUT2D eigenvalue weighted by Crippen LogP contribution is 2.41. The number of ether oxygens (including phenoxy) is 2. The standard InChI is InChI=1S/C18H26NO2/c1-13-18(4,5)14-8-6-7-9-15(14)19(13)12-17(2,3)16-20-10-11-21-16/h6-9,16H,10-12H2,1-5H3/q+1. The summed E-state index contributed by atoms with van der Waals surface area (Å²) in [5, 5.41) is 0. The summed E-state index contributed by atoms with van der Waals surface area (Å²) in [6, 6.07) is 8.72. The molecule has 0 saturated carbocycles. The molecule has 0 atom stereocenters. The van der Waals surface area contributed by atoms with Crippen molar-refractivity contribution in [3.05, 3.63) is 29.8 Å². The zero-order chi connectivity index (χ0) is 15.3. The van der Waals surface area contributed by atoms with Crippen LogP contribution in [-0.2, 0) is 14.9 Å². The molecule has 3 heteroatoms. The first-order valence-electron chi connectivity index (χ1n) is 7.78. The Morgan fingerprint density at radius 3 is 2.48 bits per heavy atom. The summed E-state index contributed by atoms with van der Waals surface area (Å²) >= 11 is 0. The quantitative estimate of drug-likeness (QED) is 0.794. The number of benzene rings is 1. The second-order valence-corrected chi connectivity index (χ2v) is 7.38. The van der Waals surface area contributed by atoms with Gasteiger partial charge in [0.1, 0.15) is 0 Å². The van der Waals surface area contributed by atoms with Crippen LogP contribution in [0.15, 0.2) is 24.3 Å². The molecule has 0 amide bonds. The maximum absolute atomic E-state index is 5.75. The molecule has 1 aromatic carbocycles. The van der Waals surface area contributed by atoms with Gasteiger partial charge < -0.3 is 9.47 Å². The van der Waals surface area contributed by atoms with Crippen molar-refractivity contribution in [2.24, 2.45) is 5.41 Å². The summed E-state index contributed by atoms with van der Waals surface area (Å²) in [6.07, 6.45) is -0.110. The third-order valence-electron chi connectivity index (χ3n) is 5.00. The Morgan fingerprint density at radius 2 is 1.81 bits per heavy atom. The molecule has 2 aliphatic heterocycles. The second kappa shape index (κ2) is 4.92. The van der Waals surface area contributed by atoms with Gasteiger partial charge in [-0.25, -0.2) is 0 Å². The van der Waals surface area contributed by atoms with Crippen molar-refractivity contribution in [3.63, 3.8) is 0 Å². The number of para-hydroxylation sites is 1. The van der Waals surface area contributed by atoms with E-state index in [4.69, 9.17) is 9.47 Å². The average molecular weight is 288 g/mol. The Labute approximate surface area is 127 Å². The van der Waals surface area contributed by atoms with Gasteiger partial charge in [0.25, 0.3) is 0 Å². The lowest BCUT2D eigenvalue weighted by molar-refractivity contribution is -0.464. The summed E-state index contributed by atoms with van der Waals surface area (Å²) in [4.78, 5) is 0. The number of nitrogens with zero attached hydrogens (tertiary/aromatic N) is 1. The lowest BCUT2D eigenvalue weighted by atomic mass is 9.82. The minimum Gasteiger partial charge on any atom is -0.349 e. The van der Waals surface area contributed by atoms with Gasteiger partial charge in [-0.15, -0.1) is 0 Å². The van der Waals surface area contributed by atoms with Crippen molar-refractivity contribution in [2.75, 3.05) is 19.8 Å². The van der Waals surface area contributed by atoms with Crippen LogP contribution in [-0.4, -0.2) is 36.3 Å². The van der Waals surface area contributed by atoms with E-state index >= 15 is 0 Å². The van der Waals surface area contributed by atoms with Crippen LogP contribution in [0.5, 0.6) is 0 Å². The first-order valence-corrected chi connectivity index (χ1v) is 7.78. The lowest BCUT2D eigenvalue weighted by Crippen LogP contribution is -2.39. The fraction of sp³-hybridized carbons (Fsp3) is 0.611. The Hall–Kier alpha value is -1.19. The second-order valence-electron chi connectivity index (χ2n) is 7.38. The predicted octanol–water partition coefficient (Wildman–Crippen LogP) is 3.48. The van der Waals surface area contributed by atoms with E-state index in [1.54, 1.807) is 0 Å². The number of hydrogen-bond acceptors (Lipinski definition) is 2. The van der Waals surface area contributed by atoms with Crippen LogP contribution in [0.25, 0.3) is 0 Å². The fourth-order valence-electron chi connectivity index (χ4n) is 3.45. The van der Waals surface area contributed by atoms with Crippen LogP contribution in [0.2, 0.25) is 0 Å². The highest BCUT2D eigenvalue weighted by atomic mass is 16.7. The smallest absolute Gasteiger partial charge is 0.209 e. The molecular weight excluding hydrogens is 262 g/mol. The topological polar surface area (TPSA) is 21.5 Å². The van der Waals surface area contributed by atoms with Gasteiger partial charge in [-0.2, -0.15) is 4.58 Å². The van der Waals surface area contributed by atoms with Gasteiger partial charge in [-0.3, -0.25) is 0 Å². The number of hydrogen-bond donors (Lipinski definition) is 0. The molecule has 0 unspecified atom stereocenters. The van der Waals surface area contributed by atoms with Gasteiger partial charge in [0.15, 0.2) is 18.5 Å². The lowest BCUT2D eigenvalue weighted by Gasteiger charge is -2.27. The molecular formula is C18H26NO2+. The third-order valence-corrected chi connectivity index (χ3v) is 5.00. The summed E-state index contributed by atoms with van der Waals surface area (Å²) in [6.45, 7) is 13.6. The van der Waals surface area contributed by atoms with E-state index in [9.17, 15) is 0 Å². The first-order chi connectivity index (χ1) is 9.84. The molecule has 2 heterocycles. The van der Waals surface area contributed by atoms with Crippen LogP contribution >= 0.6 is 0 Å². The Morgan fingerprint density at radius 1 is 1.19 bits per heavy atom. The minimum absolute atomic E-state index is 0.0503. The van der Waals surface area contributed by atoms with Crippen molar-refractivity contribution in [3.8, 4) is 0 Å². The molecule has 2 aliphatic rings. The minimum atomic E-state index is -0.110. The molecule has 0 aliphatic carbocycles. The molecule has 1 fully saturated rings. The SMILES string of the molecule is CC1=[N+](CC(C)(C)C2OCCO2)c2ccccc2C1(C)C. The molecule has 0 N–H and O–H groups in total. The van der Waals surface area contributed by atoms with E-state index in [-0.39, 0.29) is 17.1 Å². The largest absolute Gasteiger partial charge is 0.349 e. The fourth-order valence-corrected chi connectivity index (χ4v) is 3.45. The van der Waals surface area contributed by atoms with E-state index in [0.29, 0.717) is 13.2 Å². The maximum atomic E-state index is 5.75. The van der Waals surface area contributed by atoms with Crippen molar-refractivity contribution < 1.29 is 14.0 Å². The highest BCUT2D eigenvalue weighted by molar-refractivity contribution is 5.93. The van der Waals surface area contributed by atoms with Crippen molar-refractivity contribution in [2.45, 2.75) is 46.3 Å². The van der Waals surface area contributed by atoms with Crippen LogP contribution < -0.4 is 0 Å². The molecule has 0 spiro atoms. The maximum Gasteiger partial charge on any atom is 0.209 e. The molecule has 0 aromatic heterocycles. The van der Waals surface area contributed by atoms with Crippen LogP contribution in [0.4, 0.5) is 5.69 Å². The highest BCUT2D eigenvalue weighted by Gasteiger charge is 2.46. The molecule has 0 bridgehead atoms. The van der Waals surface area contributed by atoms with Crippen LogP contribution in [0.3, 0.4) is 0 Å². The summed E-state index contributed by atoms with van der Waals surface area (Å²) < 4.78 is 13.9. The molecule has 0 radical (unpaired) electrons. The van der Waals surface area contributed by atoms with Crippen molar-refractivity contribution >= 4 is 11.4 Å².